The molecule has 0 aromatic carbocycles. The maximum Gasteiger partial charge on any atom is 0.220 e. The van der Waals surface area contributed by atoms with E-state index in [1.54, 1.807) is 0 Å². The van der Waals surface area contributed by atoms with Gasteiger partial charge in [0.25, 0.3) is 0 Å². The second-order valence-electron chi connectivity index (χ2n) is 4.47. The number of nitrogens with one attached hydrogen (secondary N) is 1. The number of alkyl halides is 1. The SMILES string of the molecule is CC(C)CC(=O)NC(C)(C)CCBr. The van der Waals surface area contributed by atoms with E-state index >= 15 is 0 Å². The molecule has 0 radical (unpaired) electrons. The van der Waals surface area contributed by atoms with Crippen LogP contribution in [0.1, 0.15) is 40.5 Å². The molecule has 2 nitrogen and oxygen atoms in total. The zero-order valence-corrected chi connectivity index (χ0v) is 10.6. The number of halogens is 1. The Labute approximate surface area is 89.6 Å². The van der Waals surface area contributed by atoms with Crippen molar-refractivity contribution in [1.29, 1.82) is 0 Å². The summed E-state index contributed by atoms with van der Waals surface area (Å²) in [7, 11) is 0. The van der Waals surface area contributed by atoms with Gasteiger partial charge >= 0.3 is 0 Å². The molecule has 0 spiro atoms. The quantitative estimate of drug-likeness (QED) is 0.747. The minimum Gasteiger partial charge on any atom is -0.351 e. The number of hydrogen-bond acceptors (Lipinski definition) is 1. The molecule has 3 heteroatoms. The van der Waals surface area contributed by atoms with Crippen molar-refractivity contribution in [3.63, 3.8) is 0 Å². The Balaban J connectivity index is 3.89. The molecule has 0 unspecified atom stereocenters. The zero-order valence-electron chi connectivity index (χ0n) is 8.98. The third-order valence-electron chi connectivity index (χ3n) is 1.79. The van der Waals surface area contributed by atoms with E-state index in [0.29, 0.717) is 12.3 Å². The topological polar surface area (TPSA) is 29.1 Å². The molecule has 1 amide bonds. The summed E-state index contributed by atoms with van der Waals surface area (Å²) in [6.07, 6.45) is 1.57. The van der Waals surface area contributed by atoms with Crippen LogP contribution in [0.3, 0.4) is 0 Å². The second-order valence-corrected chi connectivity index (χ2v) is 5.26. The normalized spacial score (nSPS) is 11.8. The number of hydrogen-bond donors (Lipinski definition) is 1. The van der Waals surface area contributed by atoms with Gasteiger partial charge in [0.2, 0.25) is 5.91 Å². The first kappa shape index (κ1) is 12.9. The summed E-state index contributed by atoms with van der Waals surface area (Å²) < 4.78 is 0. The van der Waals surface area contributed by atoms with E-state index in [9.17, 15) is 4.79 Å². The van der Waals surface area contributed by atoms with Crippen LogP contribution in [0.2, 0.25) is 0 Å². The summed E-state index contributed by atoms with van der Waals surface area (Å²) in [5, 5.41) is 3.94. The van der Waals surface area contributed by atoms with E-state index in [4.69, 9.17) is 0 Å². The van der Waals surface area contributed by atoms with Crippen LogP contribution < -0.4 is 5.32 Å². The third kappa shape index (κ3) is 7.05. The lowest BCUT2D eigenvalue weighted by Crippen LogP contribution is -2.44. The van der Waals surface area contributed by atoms with Gasteiger partial charge < -0.3 is 5.32 Å². The average molecular weight is 250 g/mol. The Bertz CT molecular complexity index is 166. The molecule has 1 N–H and O–H groups in total. The first-order chi connectivity index (χ1) is 5.87. The minimum atomic E-state index is -0.0878. The summed E-state index contributed by atoms with van der Waals surface area (Å²) in [5.74, 6) is 0.584. The van der Waals surface area contributed by atoms with E-state index in [1.165, 1.54) is 0 Å². The molecular formula is C10H20BrNO. The number of amides is 1. The number of carbonyl (C=O) groups excluding carboxylic acids is 1. The lowest BCUT2D eigenvalue weighted by molar-refractivity contribution is -0.123. The molecule has 0 atom stereocenters. The van der Waals surface area contributed by atoms with Crippen LogP contribution in [0.25, 0.3) is 0 Å². The van der Waals surface area contributed by atoms with Crippen LogP contribution in [0, 0.1) is 5.92 Å². The lowest BCUT2D eigenvalue weighted by atomic mass is 10.0. The van der Waals surface area contributed by atoms with Crippen molar-refractivity contribution in [2.45, 2.75) is 46.1 Å². The second kappa shape index (κ2) is 5.63. The van der Waals surface area contributed by atoms with E-state index in [-0.39, 0.29) is 11.4 Å². The third-order valence-corrected chi connectivity index (χ3v) is 2.19. The molecule has 0 aromatic rings. The summed E-state index contributed by atoms with van der Waals surface area (Å²) in [5.41, 5.74) is -0.0878. The number of rotatable bonds is 5. The summed E-state index contributed by atoms with van der Waals surface area (Å²) in [6, 6.07) is 0. The van der Waals surface area contributed by atoms with Crippen LogP contribution in [0.4, 0.5) is 0 Å². The van der Waals surface area contributed by atoms with Gasteiger partial charge in [-0.25, -0.2) is 0 Å². The minimum absolute atomic E-state index is 0.0878. The Kier molecular flexibility index (Phi) is 5.61. The van der Waals surface area contributed by atoms with Crippen molar-refractivity contribution in [3.05, 3.63) is 0 Å². The highest BCUT2D eigenvalue weighted by Crippen LogP contribution is 2.11. The van der Waals surface area contributed by atoms with Crippen molar-refractivity contribution < 1.29 is 4.79 Å². The van der Waals surface area contributed by atoms with Crippen LogP contribution in [-0.2, 0) is 4.79 Å². The molecule has 0 saturated heterocycles. The van der Waals surface area contributed by atoms with Crippen molar-refractivity contribution >= 4 is 21.8 Å². The molecule has 0 aromatic heterocycles. The molecule has 0 bridgehead atoms. The van der Waals surface area contributed by atoms with Gasteiger partial charge in [0.05, 0.1) is 0 Å². The highest BCUT2D eigenvalue weighted by atomic mass is 79.9. The van der Waals surface area contributed by atoms with Crippen molar-refractivity contribution in [2.24, 2.45) is 5.92 Å². The van der Waals surface area contributed by atoms with E-state index < -0.39 is 0 Å². The first-order valence-electron chi connectivity index (χ1n) is 4.74. The Morgan fingerprint density at radius 1 is 1.46 bits per heavy atom. The fourth-order valence-electron chi connectivity index (χ4n) is 1.10. The standard InChI is InChI=1S/C10H20BrNO/c1-8(2)7-9(13)12-10(3,4)5-6-11/h8H,5-7H2,1-4H3,(H,12,13). The molecule has 0 heterocycles. The molecule has 13 heavy (non-hydrogen) atoms. The van der Waals surface area contributed by atoms with E-state index in [0.717, 1.165) is 11.8 Å². The van der Waals surface area contributed by atoms with E-state index in [1.807, 2.05) is 13.8 Å². The maximum absolute atomic E-state index is 11.4. The van der Waals surface area contributed by atoms with Gasteiger partial charge in [0.1, 0.15) is 0 Å². The zero-order chi connectivity index (χ0) is 10.5. The Hall–Kier alpha value is -0.0500. The molecular weight excluding hydrogens is 230 g/mol. The van der Waals surface area contributed by atoms with Gasteiger partial charge in [-0.1, -0.05) is 29.8 Å². The van der Waals surface area contributed by atoms with Crippen LogP contribution in [0.5, 0.6) is 0 Å². The molecule has 78 valence electrons. The smallest absolute Gasteiger partial charge is 0.220 e. The molecule has 0 aliphatic carbocycles. The average Bonchev–Trinajstić information content (AvgIpc) is 1.81. The highest BCUT2D eigenvalue weighted by molar-refractivity contribution is 9.09. The monoisotopic (exact) mass is 249 g/mol. The predicted octanol–water partition coefficient (Wildman–Crippen LogP) is 2.71. The highest BCUT2D eigenvalue weighted by Gasteiger charge is 2.19. The van der Waals surface area contributed by atoms with E-state index in [2.05, 4.69) is 35.1 Å². The predicted molar refractivity (Wildman–Crippen MR) is 60.1 cm³/mol. The Morgan fingerprint density at radius 2 is 2.00 bits per heavy atom. The van der Waals surface area contributed by atoms with Gasteiger partial charge in [-0.05, 0) is 26.2 Å². The lowest BCUT2D eigenvalue weighted by Gasteiger charge is -2.25. The molecule has 0 rings (SSSR count). The van der Waals surface area contributed by atoms with Gasteiger partial charge in [-0.3, -0.25) is 4.79 Å². The Morgan fingerprint density at radius 3 is 2.38 bits per heavy atom. The molecule has 0 aliphatic heterocycles. The van der Waals surface area contributed by atoms with Crippen LogP contribution in [0.15, 0.2) is 0 Å². The molecule has 0 aliphatic rings. The summed E-state index contributed by atoms with van der Waals surface area (Å²) in [6.45, 7) is 8.20. The number of carbonyl (C=O) groups is 1. The molecule has 0 fully saturated rings. The first-order valence-corrected chi connectivity index (χ1v) is 5.86. The summed E-state index contributed by atoms with van der Waals surface area (Å²) in [4.78, 5) is 11.4. The van der Waals surface area contributed by atoms with Crippen molar-refractivity contribution in [2.75, 3.05) is 5.33 Å². The van der Waals surface area contributed by atoms with Gasteiger partial charge in [-0.2, -0.15) is 0 Å². The largest absolute Gasteiger partial charge is 0.351 e. The fraction of sp³-hybridized carbons (Fsp3) is 0.900. The van der Waals surface area contributed by atoms with Gasteiger partial charge in [0, 0.05) is 17.3 Å². The molecule has 0 saturated carbocycles. The van der Waals surface area contributed by atoms with Crippen LogP contribution in [-0.4, -0.2) is 16.8 Å². The van der Waals surface area contributed by atoms with Crippen LogP contribution >= 0.6 is 15.9 Å². The summed E-state index contributed by atoms with van der Waals surface area (Å²) >= 11 is 3.37. The fourth-order valence-corrected chi connectivity index (χ4v) is 2.09. The van der Waals surface area contributed by atoms with Gasteiger partial charge in [-0.15, -0.1) is 0 Å². The maximum atomic E-state index is 11.4. The van der Waals surface area contributed by atoms with Crippen molar-refractivity contribution in [1.82, 2.24) is 5.32 Å². The van der Waals surface area contributed by atoms with Crippen molar-refractivity contribution in [3.8, 4) is 0 Å². The van der Waals surface area contributed by atoms with Gasteiger partial charge in [0.15, 0.2) is 0 Å².